The van der Waals surface area contributed by atoms with E-state index in [1.54, 1.807) is 10.9 Å². The molecule has 0 spiro atoms. The summed E-state index contributed by atoms with van der Waals surface area (Å²) in [7, 11) is 1.88. The van der Waals surface area contributed by atoms with Gasteiger partial charge < -0.3 is 5.32 Å². The minimum absolute atomic E-state index is 0.0439. The number of anilines is 1. The van der Waals surface area contributed by atoms with E-state index in [1.807, 2.05) is 14.0 Å². The largest absolute Gasteiger partial charge is 0.323 e. The van der Waals surface area contributed by atoms with E-state index in [1.165, 1.54) is 0 Å². The molecule has 0 aromatic carbocycles. The molecule has 4 nitrogen and oxygen atoms in total. The van der Waals surface area contributed by atoms with E-state index in [0.717, 1.165) is 24.2 Å². The van der Waals surface area contributed by atoms with Crippen LogP contribution in [0.4, 0.5) is 5.69 Å². The standard InChI is InChI=1S/C10H13N3O/c1-6-8(5-11-13(6)2)12-9(14)10-3-7(10)4-10/h5,7H,3-4H2,1-2H3,(H,12,14). The Hall–Kier alpha value is -1.32. The van der Waals surface area contributed by atoms with Crippen LogP contribution in [0.25, 0.3) is 0 Å². The van der Waals surface area contributed by atoms with E-state index < -0.39 is 0 Å². The Morgan fingerprint density at radius 1 is 1.71 bits per heavy atom. The van der Waals surface area contributed by atoms with Crippen molar-refractivity contribution < 1.29 is 4.79 Å². The van der Waals surface area contributed by atoms with Crippen molar-refractivity contribution in [3.8, 4) is 0 Å². The molecule has 0 bridgehead atoms. The summed E-state index contributed by atoms with van der Waals surface area (Å²) in [4.78, 5) is 11.8. The first-order valence-electron chi connectivity index (χ1n) is 4.93. The van der Waals surface area contributed by atoms with Gasteiger partial charge in [0.05, 0.1) is 23.0 Å². The number of nitrogens with zero attached hydrogens (tertiary/aromatic N) is 2. The van der Waals surface area contributed by atoms with Gasteiger partial charge in [0.1, 0.15) is 0 Å². The number of nitrogens with one attached hydrogen (secondary N) is 1. The summed E-state index contributed by atoms with van der Waals surface area (Å²) in [5.74, 6) is 0.887. The number of hydrogen-bond donors (Lipinski definition) is 1. The number of amides is 1. The van der Waals surface area contributed by atoms with Crippen LogP contribution in [0.1, 0.15) is 18.5 Å². The number of aromatic nitrogens is 2. The number of aryl methyl sites for hydroxylation is 1. The molecular weight excluding hydrogens is 178 g/mol. The Kier molecular flexibility index (Phi) is 1.25. The van der Waals surface area contributed by atoms with Crippen LogP contribution in [0.15, 0.2) is 6.20 Å². The summed E-state index contributed by atoms with van der Waals surface area (Å²) in [6.07, 6.45) is 3.90. The summed E-state index contributed by atoms with van der Waals surface area (Å²) in [6.45, 7) is 1.96. The van der Waals surface area contributed by atoms with Gasteiger partial charge in [0.15, 0.2) is 0 Å². The highest BCUT2D eigenvalue weighted by atomic mass is 16.2. The fraction of sp³-hybridized carbons (Fsp3) is 0.600. The van der Waals surface area contributed by atoms with Crippen LogP contribution in [-0.2, 0) is 11.8 Å². The number of carbonyl (C=O) groups is 1. The molecule has 2 aliphatic rings. The number of carbonyl (C=O) groups excluding carboxylic acids is 1. The highest BCUT2D eigenvalue weighted by molar-refractivity contribution is 6.00. The van der Waals surface area contributed by atoms with Gasteiger partial charge in [0, 0.05) is 7.05 Å². The first-order valence-corrected chi connectivity index (χ1v) is 4.93. The van der Waals surface area contributed by atoms with Crippen molar-refractivity contribution in [2.45, 2.75) is 19.8 Å². The van der Waals surface area contributed by atoms with Crippen molar-refractivity contribution in [1.29, 1.82) is 0 Å². The lowest BCUT2D eigenvalue weighted by atomic mass is 10.2. The summed E-state index contributed by atoms with van der Waals surface area (Å²) < 4.78 is 1.77. The molecule has 4 heteroatoms. The normalized spacial score (nSPS) is 32.3. The molecule has 3 rings (SSSR count). The van der Waals surface area contributed by atoms with E-state index in [2.05, 4.69) is 10.4 Å². The molecule has 0 atom stereocenters. The van der Waals surface area contributed by atoms with Gasteiger partial charge in [0.2, 0.25) is 5.91 Å². The third kappa shape index (κ3) is 0.882. The molecule has 2 saturated carbocycles. The van der Waals surface area contributed by atoms with Crippen LogP contribution in [-0.4, -0.2) is 15.7 Å². The maximum Gasteiger partial charge on any atom is 0.230 e. The van der Waals surface area contributed by atoms with Crippen LogP contribution < -0.4 is 5.32 Å². The minimum atomic E-state index is 0.0439. The van der Waals surface area contributed by atoms with Crippen molar-refractivity contribution in [2.75, 3.05) is 5.32 Å². The van der Waals surface area contributed by atoms with Crippen molar-refractivity contribution in [3.63, 3.8) is 0 Å². The molecule has 14 heavy (non-hydrogen) atoms. The van der Waals surface area contributed by atoms with Gasteiger partial charge in [-0.05, 0) is 25.7 Å². The minimum Gasteiger partial charge on any atom is -0.323 e. The van der Waals surface area contributed by atoms with Crippen LogP contribution in [0.3, 0.4) is 0 Å². The zero-order valence-corrected chi connectivity index (χ0v) is 8.37. The second-order valence-electron chi connectivity index (χ2n) is 4.48. The van der Waals surface area contributed by atoms with Crippen LogP contribution in [0.2, 0.25) is 0 Å². The number of fused-ring (bicyclic) bond motifs is 1. The Bertz CT molecular complexity index is 415. The smallest absolute Gasteiger partial charge is 0.230 e. The quantitative estimate of drug-likeness (QED) is 0.760. The first-order chi connectivity index (χ1) is 6.63. The maximum absolute atomic E-state index is 11.8. The van der Waals surface area contributed by atoms with Gasteiger partial charge >= 0.3 is 0 Å². The first kappa shape index (κ1) is 8.03. The molecule has 0 saturated heterocycles. The lowest BCUT2D eigenvalue weighted by Crippen LogP contribution is -2.18. The fourth-order valence-corrected chi connectivity index (χ4v) is 1.94. The Balaban J connectivity index is 1.78. The molecule has 1 heterocycles. The average Bonchev–Trinajstić information content (AvgIpc) is 2.94. The molecule has 2 aliphatic carbocycles. The molecule has 0 unspecified atom stereocenters. The molecular formula is C10H13N3O. The van der Waals surface area contributed by atoms with E-state index >= 15 is 0 Å². The van der Waals surface area contributed by atoms with Crippen LogP contribution >= 0.6 is 0 Å². The van der Waals surface area contributed by atoms with Crippen molar-refractivity contribution >= 4 is 11.6 Å². The molecule has 0 aliphatic heterocycles. The topological polar surface area (TPSA) is 46.9 Å². The van der Waals surface area contributed by atoms with Crippen molar-refractivity contribution in [1.82, 2.24) is 9.78 Å². The average molecular weight is 191 g/mol. The SMILES string of the molecule is Cc1c(NC(=O)C23CC2C3)cnn1C. The monoisotopic (exact) mass is 191 g/mol. The van der Waals surface area contributed by atoms with Gasteiger partial charge in [-0.25, -0.2) is 0 Å². The predicted molar refractivity (Wildman–Crippen MR) is 51.7 cm³/mol. The van der Waals surface area contributed by atoms with E-state index in [0.29, 0.717) is 5.92 Å². The lowest BCUT2D eigenvalue weighted by molar-refractivity contribution is -0.119. The zero-order valence-electron chi connectivity index (χ0n) is 8.37. The summed E-state index contributed by atoms with van der Waals surface area (Å²) in [6, 6.07) is 0. The van der Waals surface area contributed by atoms with Gasteiger partial charge in [-0.3, -0.25) is 9.48 Å². The summed E-state index contributed by atoms with van der Waals surface area (Å²) in [5, 5.41) is 7.04. The van der Waals surface area contributed by atoms with Gasteiger partial charge in [-0.1, -0.05) is 0 Å². The second kappa shape index (κ2) is 2.19. The number of rotatable bonds is 2. The molecule has 74 valence electrons. The van der Waals surface area contributed by atoms with Crippen molar-refractivity contribution in [2.24, 2.45) is 18.4 Å². The molecule has 1 aromatic rings. The maximum atomic E-state index is 11.8. The molecule has 0 radical (unpaired) electrons. The highest BCUT2D eigenvalue weighted by Gasteiger charge is 2.74. The molecule has 2 fully saturated rings. The van der Waals surface area contributed by atoms with Gasteiger partial charge in [-0.2, -0.15) is 5.10 Å². The second-order valence-corrected chi connectivity index (χ2v) is 4.48. The van der Waals surface area contributed by atoms with E-state index in [-0.39, 0.29) is 11.3 Å². The third-order valence-corrected chi connectivity index (χ3v) is 3.62. The Labute approximate surface area is 82.3 Å². The summed E-state index contributed by atoms with van der Waals surface area (Å²) in [5.41, 5.74) is 1.90. The van der Waals surface area contributed by atoms with E-state index in [9.17, 15) is 4.79 Å². The van der Waals surface area contributed by atoms with Crippen LogP contribution in [0.5, 0.6) is 0 Å². The highest BCUT2D eigenvalue weighted by Crippen LogP contribution is 2.75. The Morgan fingerprint density at radius 2 is 2.36 bits per heavy atom. The molecule has 1 N–H and O–H groups in total. The molecule has 1 amide bonds. The van der Waals surface area contributed by atoms with E-state index in [4.69, 9.17) is 0 Å². The zero-order chi connectivity index (χ0) is 9.92. The third-order valence-electron chi connectivity index (χ3n) is 3.62. The Morgan fingerprint density at radius 3 is 2.79 bits per heavy atom. The predicted octanol–water partition coefficient (Wildman–Crippen LogP) is 1.08. The van der Waals surface area contributed by atoms with Gasteiger partial charge in [-0.15, -0.1) is 0 Å². The summed E-state index contributed by atoms with van der Waals surface area (Å²) >= 11 is 0. The van der Waals surface area contributed by atoms with Gasteiger partial charge in [0.25, 0.3) is 0 Å². The van der Waals surface area contributed by atoms with Crippen molar-refractivity contribution in [3.05, 3.63) is 11.9 Å². The van der Waals surface area contributed by atoms with Crippen LogP contribution in [0, 0.1) is 18.3 Å². The number of hydrogen-bond acceptors (Lipinski definition) is 2. The molecule has 1 aromatic heterocycles. The fourth-order valence-electron chi connectivity index (χ4n) is 1.94. The lowest BCUT2D eigenvalue weighted by Gasteiger charge is -2.05.